The molecule has 27 heavy (non-hydrogen) atoms. The van der Waals surface area contributed by atoms with Crippen molar-refractivity contribution in [2.24, 2.45) is 5.16 Å². The van der Waals surface area contributed by atoms with Gasteiger partial charge in [-0.25, -0.2) is 4.79 Å². The first-order valence-corrected chi connectivity index (χ1v) is 9.94. The number of oxime groups is 1. The highest BCUT2D eigenvalue weighted by Gasteiger charge is 2.54. The number of aromatic nitrogens is 2. The third-order valence-corrected chi connectivity index (χ3v) is 6.01. The van der Waals surface area contributed by atoms with E-state index in [9.17, 15) is 19.5 Å². The van der Waals surface area contributed by atoms with Gasteiger partial charge in [0.05, 0.1) is 0 Å². The van der Waals surface area contributed by atoms with E-state index in [4.69, 9.17) is 5.73 Å². The van der Waals surface area contributed by atoms with Crippen LogP contribution in [0.5, 0.6) is 0 Å². The monoisotopic (exact) mass is 508 g/mol. The van der Waals surface area contributed by atoms with Crippen molar-refractivity contribution in [3.05, 3.63) is 17.1 Å². The number of thioether (sulfide) groups is 1. The Morgan fingerprint density at radius 1 is 1.59 bits per heavy atom. The Bertz CT molecular complexity index is 869. The molecule has 4 N–H and O–H groups in total. The van der Waals surface area contributed by atoms with Crippen LogP contribution in [0.15, 0.2) is 20.9 Å². The zero-order valence-corrected chi connectivity index (χ0v) is 16.7. The highest BCUT2D eigenvalue weighted by Crippen LogP contribution is 2.40. The van der Waals surface area contributed by atoms with Crippen molar-refractivity contribution in [3.63, 3.8) is 0 Å². The number of carboxylic acids is 1. The lowest BCUT2D eigenvalue weighted by Gasteiger charge is -2.49. The summed E-state index contributed by atoms with van der Waals surface area (Å²) in [4.78, 5) is 46.0. The highest BCUT2D eigenvalue weighted by molar-refractivity contribution is 14.1. The van der Waals surface area contributed by atoms with Gasteiger partial charge in [-0.15, -0.1) is 11.8 Å². The number of hydrogen-bond acceptors (Lipinski definition) is 10. The standard InChI is InChI=1S/C13H13IN6O6S/c1-25-18-5(8-17-13(15)26-19-8)9(21)16-6-10(22)20-7(12(23)24)4(2-14)3-27-11(6)20/h6,11H,2-3H2,1H3,(H,16,21)(H,23,24)(H2,15,17,19)/b18-5-/t6?,11-/m1/s1. The Balaban J connectivity index is 1.79. The van der Waals surface area contributed by atoms with Gasteiger partial charge in [0.1, 0.15) is 24.2 Å². The van der Waals surface area contributed by atoms with Crippen molar-refractivity contribution >= 4 is 63.9 Å². The van der Waals surface area contributed by atoms with Crippen LogP contribution in [-0.2, 0) is 19.2 Å². The number of nitrogen functional groups attached to an aromatic ring is 1. The number of anilines is 1. The number of hydrogen-bond donors (Lipinski definition) is 3. The number of amides is 2. The van der Waals surface area contributed by atoms with Crippen molar-refractivity contribution in [1.82, 2.24) is 20.4 Å². The third kappa shape index (κ3) is 3.45. The van der Waals surface area contributed by atoms with Gasteiger partial charge in [0.25, 0.3) is 11.8 Å². The molecule has 0 aliphatic carbocycles. The topological polar surface area (TPSA) is 173 Å². The third-order valence-electron chi connectivity index (χ3n) is 3.75. The van der Waals surface area contributed by atoms with Crippen LogP contribution in [0.2, 0.25) is 0 Å². The fourth-order valence-electron chi connectivity index (χ4n) is 2.60. The van der Waals surface area contributed by atoms with Crippen molar-refractivity contribution < 1.29 is 28.9 Å². The molecule has 0 bridgehead atoms. The van der Waals surface area contributed by atoms with E-state index >= 15 is 0 Å². The quantitative estimate of drug-likeness (QED) is 0.145. The number of nitrogens with one attached hydrogen (secondary N) is 1. The first-order valence-electron chi connectivity index (χ1n) is 7.36. The molecule has 1 fully saturated rings. The number of nitrogens with two attached hydrogens (primary N) is 1. The lowest BCUT2D eigenvalue weighted by atomic mass is 10.0. The van der Waals surface area contributed by atoms with Gasteiger partial charge in [0.15, 0.2) is 0 Å². The molecule has 2 atom stereocenters. The van der Waals surface area contributed by atoms with Crippen molar-refractivity contribution in [2.45, 2.75) is 11.4 Å². The number of alkyl halides is 1. The Hall–Kier alpha value is -2.36. The first-order chi connectivity index (χ1) is 12.9. The van der Waals surface area contributed by atoms with E-state index in [-0.39, 0.29) is 23.2 Å². The second-order valence-electron chi connectivity index (χ2n) is 5.33. The molecule has 3 heterocycles. The normalized spacial score (nSPS) is 22.2. The summed E-state index contributed by atoms with van der Waals surface area (Å²) in [6.07, 6.45) is 0. The van der Waals surface area contributed by atoms with Gasteiger partial charge in [-0.2, -0.15) is 4.98 Å². The van der Waals surface area contributed by atoms with Gasteiger partial charge in [-0.1, -0.05) is 32.9 Å². The summed E-state index contributed by atoms with van der Waals surface area (Å²) in [5.74, 6) is -2.23. The van der Waals surface area contributed by atoms with Crippen molar-refractivity contribution in [1.29, 1.82) is 0 Å². The van der Waals surface area contributed by atoms with Gasteiger partial charge in [0.2, 0.25) is 11.5 Å². The van der Waals surface area contributed by atoms with Crippen LogP contribution >= 0.6 is 34.4 Å². The summed E-state index contributed by atoms with van der Waals surface area (Å²) >= 11 is 3.42. The molecular weight excluding hydrogens is 495 g/mol. The number of carboxylic acid groups (broad SMARTS) is 1. The van der Waals surface area contributed by atoms with Gasteiger partial charge >= 0.3 is 12.0 Å². The zero-order valence-electron chi connectivity index (χ0n) is 13.7. The Morgan fingerprint density at radius 3 is 2.89 bits per heavy atom. The van der Waals surface area contributed by atoms with Gasteiger partial charge < -0.3 is 25.5 Å². The maximum Gasteiger partial charge on any atom is 0.352 e. The molecule has 12 nitrogen and oxygen atoms in total. The SMILES string of the molecule is CO/N=C(\C(=O)NC1C(=O)N2C(C(=O)O)=C(CI)CS[C@H]12)c1noc(N)n1. The van der Waals surface area contributed by atoms with E-state index in [1.165, 1.54) is 23.8 Å². The summed E-state index contributed by atoms with van der Waals surface area (Å²) in [6, 6.07) is -1.18. The largest absolute Gasteiger partial charge is 0.477 e. The first kappa shape index (κ1) is 19.4. The zero-order chi connectivity index (χ0) is 19.7. The van der Waals surface area contributed by atoms with Crippen LogP contribution in [0.3, 0.4) is 0 Å². The summed E-state index contributed by atoms with van der Waals surface area (Å²) in [5.41, 5.74) is 5.64. The molecular formula is C13H13IN6O6S. The van der Waals surface area contributed by atoms with Crippen LogP contribution in [0, 0.1) is 0 Å². The minimum Gasteiger partial charge on any atom is -0.477 e. The predicted octanol–water partition coefficient (Wildman–Crippen LogP) is -0.824. The van der Waals surface area contributed by atoms with Crippen LogP contribution in [0.4, 0.5) is 6.01 Å². The molecule has 144 valence electrons. The van der Waals surface area contributed by atoms with Crippen LogP contribution in [-0.4, -0.2) is 72.3 Å². The summed E-state index contributed by atoms with van der Waals surface area (Å²) in [6.45, 7) is 0. The number of β-lactam (4-membered cyclic amide) rings is 1. The number of fused-ring (bicyclic) bond motifs is 1. The fraction of sp³-hybridized carbons (Fsp3) is 0.385. The van der Waals surface area contributed by atoms with E-state index in [2.05, 4.69) is 52.6 Å². The maximum atomic E-state index is 12.5. The molecule has 0 radical (unpaired) electrons. The van der Waals surface area contributed by atoms with E-state index in [1.807, 2.05) is 0 Å². The number of carbonyl (C=O) groups excluding carboxylic acids is 2. The number of carbonyl (C=O) groups is 3. The molecule has 2 aliphatic heterocycles. The fourth-order valence-corrected chi connectivity index (χ4v) is 4.95. The highest BCUT2D eigenvalue weighted by atomic mass is 127. The Kier molecular flexibility index (Phi) is 5.54. The number of rotatable bonds is 6. The smallest absolute Gasteiger partial charge is 0.352 e. The van der Waals surface area contributed by atoms with Crippen LogP contribution in [0.25, 0.3) is 0 Å². The van der Waals surface area contributed by atoms with E-state index < -0.39 is 29.2 Å². The summed E-state index contributed by atoms with van der Waals surface area (Å²) in [7, 11) is 1.22. The van der Waals surface area contributed by atoms with E-state index in [1.54, 1.807) is 0 Å². The van der Waals surface area contributed by atoms with Crippen LogP contribution in [0.1, 0.15) is 5.82 Å². The molecule has 1 aromatic heterocycles. The molecule has 3 rings (SSSR count). The number of nitrogens with zero attached hydrogens (tertiary/aromatic N) is 4. The Labute approximate surface area is 169 Å². The molecule has 2 aliphatic rings. The molecule has 1 unspecified atom stereocenters. The maximum absolute atomic E-state index is 12.5. The molecule has 14 heteroatoms. The molecule has 1 aromatic rings. The lowest BCUT2D eigenvalue weighted by Crippen LogP contribution is -2.71. The molecule has 2 amide bonds. The van der Waals surface area contributed by atoms with E-state index in [0.717, 1.165) is 0 Å². The van der Waals surface area contributed by atoms with Gasteiger partial charge in [-0.05, 0) is 5.57 Å². The predicted molar refractivity (Wildman–Crippen MR) is 101 cm³/mol. The van der Waals surface area contributed by atoms with Gasteiger partial charge in [0, 0.05) is 10.2 Å². The van der Waals surface area contributed by atoms with E-state index in [0.29, 0.717) is 15.8 Å². The summed E-state index contributed by atoms with van der Waals surface area (Å²) in [5, 5.41) is 18.4. The minimum atomic E-state index is -1.17. The van der Waals surface area contributed by atoms with Crippen LogP contribution < -0.4 is 11.1 Å². The molecule has 0 spiro atoms. The lowest BCUT2D eigenvalue weighted by molar-refractivity contribution is -0.150. The number of halogens is 1. The van der Waals surface area contributed by atoms with Crippen molar-refractivity contribution in [2.75, 3.05) is 23.0 Å². The number of aliphatic carboxylic acids is 1. The molecule has 1 saturated heterocycles. The van der Waals surface area contributed by atoms with Gasteiger partial charge in [-0.3, -0.25) is 14.5 Å². The van der Waals surface area contributed by atoms with Crippen molar-refractivity contribution in [3.8, 4) is 0 Å². The summed E-state index contributed by atoms with van der Waals surface area (Å²) < 4.78 is 5.10. The second-order valence-corrected chi connectivity index (χ2v) is 7.20. The average molecular weight is 508 g/mol. The minimum absolute atomic E-state index is 0.0274. The Morgan fingerprint density at radius 2 is 2.33 bits per heavy atom. The molecule has 0 aromatic carbocycles. The second kappa shape index (κ2) is 7.71. The molecule has 0 saturated carbocycles. The average Bonchev–Trinajstić information content (AvgIpc) is 3.08.